The van der Waals surface area contributed by atoms with Crippen LogP contribution in [-0.4, -0.2) is 54.9 Å². The van der Waals surface area contributed by atoms with Gasteiger partial charge in [0.05, 0.1) is 6.54 Å². The molecule has 2 amide bonds. The molecule has 0 atom stereocenters. The molecule has 190 valence electrons. The van der Waals surface area contributed by atoms with Gasteiger partial charge in [-0.3, -0.25) is 23.9 Å². The van der Waals surface area contributed by atoms with Gasteiger partial charge in [0.2, 0.25) is 11.8 Å². The fourth-order valence-electron chi connectivity index (χ4n) is 3.99. The molecule has 0 aromatic carbocycles. The highest BCUT2D eigenvalue weighted by Gasteiger charge is 2.21. The molecule has 0 aliphatic rings. The molecule has 0 radical (unpaired) electrons. The molecule has 34 heavy (non-hydrogen) atoms. The zero-order valence-electron chi connectivity index (χ0n) is 21.3. The maximum absolute atomic E-state index is 12.9. The fraction of sp³-hybridized carbons (Fsp3) is 0.708. The van der Waals surface area contributed by atoms with E-state index in [-0.39, 0.29) is 30.8 Å². The molecule has 2 rings (SSSR count). The predicted molar refractivity (Wildman–Crippen MR) is 133 cm³/mol. The summed E-state index contributed by atoms with van der Waals surface area (Å²) in [5.74, 6) is 0.276. The molecule has 0 aliphatic heterocycles. The van der Waals surface area contributed by atoms with Gasteiger partial charge >= 0.3 is 5.69 Å². The normalized spacial score (nSPS) is 11.4. The number of aromatic amines is 1. The topological polar surface area (TPSA) is 122 Å². The minimum atomic E-state index is -0.458. The summed E-state index contributed by atoms with van der Waals surface area (Å²) in [6, 6.07) is 0.00716. The Hall–Kier alpha value is -2.91. The number of likely N-dealkylation sites (N-methyl/N-ethyl adjacent to an activating group) is 1. The third-order valence-electron chi connectivity index (χ3n) is 5.77. The summed E-state index contributed by atoms with van der Waals surface area (Å²) in [4.78, 5) is 58.8. The van der Waals surface area contributed by atoms with Gasteiger partial charge in [-0.2, -0.15) is 0 Å². The van der Waals surface area contributed by atoms with Crippen molar-refractivity contribution in [1.29, 1.82) is 0 Å². The van der Waals surface area contributed by atoms with Crippen molar-refractivity contribution in [3.8, 4) is 0 Å². The Morgan fingerprint density at radius 1 is 1.03 bits per heavy atom. The second kappa shape index (κ2) is 13.1. The van der Waals surface area contributed by atoms with Crippen molar-refractivity contribution in [3.63, 3.8) is 0 Å². The van der Waals surface area contributed by atoms with E-state index < -0.39 is 11.2 Å². The van der Waals surface area contributed by atoms with E-state index in [2.05, 4.69) is 22.2 Å². The molecular weight excluding hydrogens is 436 g/mol. The van der Waals surface area contributed by atoms with Gasteiger partial charge in [-0.15, -0.1) is 0 Å². The molecule has 0 unspecified atom stereocenters. The SMILES string of the molecule is CCCCCn1c(CCC(=O)N(CC)CC(=O)NC(C)C)nc2c1c(=O)[nH]c(=O)n2CCCC. The third kappa shape index (κ3) is 7.04. The van der Waals surface area contributed by atoms with Crippen LogP contribution in [0.1, 0.15) is 79.0 Å². The zero-order chi connectivity index (χ0) is 25.3. The van der Waals surface area contributed by atoms with E-state index in [0.717, 1.165) is 32.1 Å². The molecule has 2 aromatic heterocycles. The van der Waals surface area contributed by atoms with E-state index in [9.17, 15) is 19.2 Å². The van der Waals surface area contributed by atoms with Gasteiger partial charge in [-0.1, -0.05) is 33.1 Å². The number of fused-ring (bicyclic) bond motifs is 1. The Balaban J connectivity index is 2.34. The van der Waals surface area contributed by atoms with Crippen molar-refractivity contribution in [2.75, 3.05) is 13.1 Å². The zero-order valence-corrected chi connectivity index (χ0v) is 21.3. The number of hydrogen-bond donors (Lipinski definition) is 2. The lowest BCUT2D eigenvalue weighted by Gasteiger charge is -2.21. The Labute approximate surface area is 200 Å². The van der Waals surface area contributed by atoms with Crippen molar-refractivity contribution < 1.29 is 9.59 Å². The molecule has 10 heteroatoms. The van der Waals surface area contributed by atoms with Gasteiger partial charge in [0.25, 0.3) is 5.56 Å². The van der Waals surface area contributed by atoms with Gasteiger partial charge < -0.3 is 14.8 Å². The van der Waals surface area contributed by atoms with Crippen LogP contribution in [0.15, 0.2) is 9.59 Å². The first kappa shape index (κ1) is 27.3. The first-order valence-electron chi connectivity index (χ1n) is 12.5. The fourth-order valence-corrected chi connectivity index (χ4v) is 3.99. The first-order chi connectivity index (χ1) is 16.2. The summed E-state index contributed by atoms with van der Waals surface area (Å²) < 4.78 is 3.39. The number of aryl methyl sites for hydroxylation is 3. The van der Waals surface area contributed by atoms with Crippen molar-refractivity contribution in [2.45, 2.75) is 98.7 Å². The van der Waals surface area contributed by atoms with Crippen LogP contribution >= 0.6 is 0 Å². The Morgan fingerprint density at radius 2 is 1.71 bits per heavy atom. The largest absolute Gasteiger partial charge is 0.352 e. The Morgan fingerprint density at radius 3 is 2.32 bits per heavy atom. The molecule has 2 heterocycles. The smallest absolute Gasteiger partial charge is 0.330 e. The van der Waals surface area contributed by atoms with E-state index in [4.69, 9.17) is 0 Å². The van der Waals surface area contributed by atoms with Gasteiger partial charge in [-0.25, -0.2) is 9.78 Å². The van der Waals surface area contributed by atoms with Crippen LogP contribution in [0.4, 0.5) is 0 Å². The number of H-pyrrole nitrogens is 1. The molecule has 2 N–H and O–H groups in total. The van der Waals surface area contributed by atoms with Crippen molar-refractivity contribution >= 4 is 23.0 Å². The number of imidazole rings is 1. The van der Waals surface area contributed by atoms with Crippen LogP contribution < -0.4 is 16.6 Å². The van der Waals surface area contributed by atoms with Crippen LogP contribution in [0.3, 0.4) is 0 Å². The molecule has 0 saturated heterocycles. The molecule has 0 fully saturated rings. The lowest BCUT2D eigenvalue weighted by molar-refractivity contribution is -0.136. The van der Waals surface area contributed by atoms with Gasteiger partial charge in [-0.05, 0) is 33.6 Å². The van der Waals surface area contributed by atoms with Crippen LogP contribution in [0, 0.1) is 0 Å². The van der Waals surface area contributed by atoms with E-state index in [0.29, 0.717) is 43.0 Å². The van der Waals surface area contributed by atoms with E-state index in [1.54, 1.807) is 0 Å². The van der Waals surface area contributed by atoms with E-state index in [1.807, 2.05) is 32.3 Å². The van der Waals surface area contributed by atoms with E-state index >= 15 is 0 Å². The average Bonchev–Trinajstić information content (AvgIpc) is 3.14. The maximum Gasteiger partial charge on any atom is 0.330 e. The van der Waals surface area contributed by atoms with Crippen LogP contribution in [0.25, 0.3) is 11.2 Å². The van der Waals surface area contributed by atoms with Crippen LogP contribution in [0.2, 0.25) is 0 Å². The summed E-state index contributed by atoms with van der Waals surface area (Å²) >= 11 is 0. The van der Waals surface area contributed by atoms with Gasteiger partial charge in [0, 0.05) is 38.5 Å². The summed E-state index contributed by atoms with van der Waals surface area (Å²) in [6.45, 7) is 11.2. The minimum Gasteiger partial charge on any atom is -0.352 e. The average molecular weight is 477 g/mol. The van der Waals surface area contributed by atoms with Crippen molar-refractivity contribution in [2.24, 2.45) is 0 Å². The quantitative estimate of drug-likeness (QED) is 0.405. The lowest BCUT2D eigenvalue weighted by Crippen LogP contribution is -2.42. The summed E-state index contributed by atoms with van der Waals surface area (Å²) in [6.07, 6.45) is 5.08. The number of carbonyl (C=O) groups is 2. The highest BCUT2D eigenvalue weighted by molar-refractivity contribution is 5.85. The van der Waals surface area contributed by atoms with E-state index in [1.165, 1.54) is 9.47 Å². The second-order valence-corrected chi connectivity index (χ2v) is 8.95. The molecule has 0 saturated carbocycles. The minimum absolute atomic E-state index is 0.00716. The summed E-state index contributed by atoms with van der Waals surface area (Å²) in [5, 5.41) is 2.81. The number of amides is 2. The number of rotatable bonds is 14. The third-order valence-corrected chi connectivity index (χ3v) is 5.77. The highest BCUT2D eigenvalue weighted by Crippen LogP contribution is 2.16. The van der Waals surface area contributed by atoms with Gasteiger partial charge in [0.15, 0.2) is 11.2 Å². The van der Waals surface area contributed by atoms with Crippen molar-refractivity contribution in [3.05, 3.63) is 26.7 Å². The Bertz CT molecular complexity index is 1080. The number of carbonyl (C=O) groups excluding carboxylic acids is 2. The molecule has 2 aromatic rings. The lowest BCUT2D eigenvalue weighted by atomic mass is 10.2. The summed E-state index contributed by atoms with van der Waals surface area (Å²) in [5.41, 5.74) is -0.141. The number of nitrogens with one attached hydrogen (secondary N) is 2. The van der Waals surface area contributed by atoms with Crippen LogP contribution in [-0.2, 0) is 29.1 Å². The maximum atomic E-state index is 12.9. The molecule has 0 aliphatic carbocycles. The molecular formula is C24H40N6O4. The number of hydrogen-bond acceptors (Lipinski definition) is 5. The van der Waals surface area contributed by atoms with Crippen molar-refractivity contribution in [1.82, 2.24) is 29.3 Å². The monoisotopic (exact) mass is 476 g/mol. The molecule has 10 nitrogen and oxygen atoms in total. The summed E-state index contributed by atoms with van der Waals surface area (Å²) in [7, 11) is 0. The number of unbranched alkanes of at least 4 members (excludes halogenated alkanes) is 3. The first-order valence-corrected chi connectivity index (χ1v) is 12.5. The number of nitrogens with zero attached hydrogens (tertiary/aromatic N) is 4. The van der Waals surface area contributed by atoms with Crippen LogP contribution in [0.5, 0.6) is 0 Å². The molecule has 0 bridgehead atoms. The highest BCUT2D eigenvalue weighted by atomic mass is 16.2. The number of aromatic nitrogens is 4. The van der Waals surface area contributed by atoms with Gasteiger partial charge in [0.1, 0.15) is 5.82 Å². The molecule has 0 spiro atoms. The predicted octanol–water partition coefficient (Wildman–Crippen LogP) is 2.18. The second-order valence-electron chi connectivity index (χ2n) is 8.95. The standard InChI is InChI=1S/C24H40N6O4/c1-6-9-11-15-29-18(12-13-20(32)28(8-3)16-19(31)25-17(4)5)26-22-21(29)23(33)27-24(34)30(22)14-10-7-2/h17H,6-16H2,1-5H3,(H,25,31)(H,27,33,34). The Kier molecular flexibility index (Phi) is 10.5.